The molecule has 3 aliphatic rings. The molecule has 37 heavy (non-hydrogen) atoms. The van der Waals surface area contributed by atoms with E-state index in [9.17, 15) is 13.9 Å². The van der Waals surface area contributed by atoms with Crippen LogP contribution in [0.15, 0.2) is 11.6 Å². The molecule has 1 aliphatic carbocycles. The van der Waals surface area contributed by atoms with Crippen molar-refractivity contribution in [1.82, 2.24) is 16.1 Å². The Morgan fingerprint density at radius 3 is 2.49 bits per heavy atom. The molecule has 209 valence electrons. The molecule has 3 rings (SSSR count). The van der Waals surface area contributed by atoms with Crippen LogP contribution in [0.4, 0.5) is 9.11 Å². The normalized spacial score (nSPS) is 31.9. The highest BCUT2D eigenvalue weighted by Gasteiger charge is 2.72. The fourth-order valence-electron chi connectivity index (χ4n) is 5.47. The molecule has 1 spiro atoms. The molecule has 2 amide bonds. The van der Waals surface area contributed by atoms with Crippen LogP contribution in [0.5, 0.6) is 0 Å². The number of methoxy groups -OCH3 is 1. The van der Waals surface area contributed by atoms with Gasteiger partial charge in [0.05, 0.1) is 25.2 Å². The van der Waals surface area contributed by atoms with Crippen LogP contribution in [0.3, 0.4) is 0 Å². The van der Waals surface area contributed by atoms with Crippen LogP contribution in [-0.4, -0.2) is 82.6 Å². The smallest absolute Gasteiger partial charge is 0.443 e. The van der Waals surface area contributed by atoms with Crippen molar-refractivity contribution in [3.05, 3.63) is 11.6 Å². The van der Waals surface area contributed by atoms with Gasteiger partial charge in [-0.1, -0.05) is 24.5 Å². The van der Waals surface area contributed by atoms with E-state index in [-0.39, 0.29) is 55.6 Å². The molecule has 3 fully saturated rings. The zero-order valence-corrected chi connectivity index (χ0v) is 22.5. The van der Waals surface area contributed by atoms with Crippen molar-refractivity contribution in [2.24, 2.45) is 5.92 Å². The number of allylic oxidation sites excluding steroid dienone is 1. The summed E-state index contributed by atoms with van der Waals surface area (Å²) in [6.45, 7) is 7.91. The summed E-state index contributed by atoms with van der Waals surface area (Å²) in [5.41, 5.74) is 2.82. The van der Waals surface area contributed by atoms with Gasteiger partial charge in [-0.2, -0.15) is 0 Å². The number of hydrogen-bond acceptors (Lipinski definition) is 8. The molecule has 2 aliphatic heterocycles. The fraction of sp³-hybridized carbons (Fsp3) is 0.840. The summed E-state index contributed by atoms with van der Waals surface area (Å²) >= 11 is 0. The maximum absolute atomic E-state index is 12.5. The van der Waals surface area contributed by atoms with Crippen molar-refractivity contribution in [3.63, 3.8) is 0 Å². The predicted octanol–water partition coefficient (Wildman–Crippen LogP) is 2.49. The number of hydrogen-bond donors (Lipinski definition) is 3. The summed E-state index contributed by atoms with van der Waals surface area (Å²) in [7, 11) is 1.64. The van der Waals surface area contributed by atoms with E-state index >= 15 is 0 Å². The van der Waals surface area contributed by atoms with E-state index < -0.39 is 6.09 Å². The second-order valence-electron chi connectivity index (χ2n) is 10.5. The Bertz CT molecular complexity index is 796. The minimum atomic E-state index is -0.436. The first-order valence-corrected chi connectivity index (χ1v) is 13.3. The molecule has 2 heterocycles. The van der Waals surface area contributed by atoms with E-state index in [4.69, 9.17) is 18.9 Å². The van der Waals surface area contributed by atoms with Crippen molar-refractivity contribution >= 4 is 19.8 Å². The van der Waals surface area contributed by atoms with E-state index in [2.05, 4.69) is 47.7 Å². The first-order valence-electron chi connectivity index (χ1n) is 13.3. The van der Waals surface area contributed by atoms with Gasteiger partial charge in [-0.15, -0.1) is 0 Å². The largest absolute Gasteiger partial charge is 0.553 e. The molecule has 2 saturated heterocycles. The molecule has 12 heteroatoms. The van der Waals surface area contributed by atoms with Gasteiger partial charge in [0.15, 0.2) is 0 Å². The number of ether oxygens (including phenoxy) is 4. The number of alkyl carbamates (subject to hydrolysis) is 1. The summed E-state index contributed by atoms with van der Waals surface area (Å²) in [4.78, 5) is 24.0. The number of carbonyl (C=O) groups excluding carboxylic acids is 2. The number of unbranched alkanes of at least 4 members (excludes halogenated alkanes) is 3. The number of carbonyl (C=O) groups is 2. The average molecular weight is 526 g/mol. The van der Waals surface area contributed by atoms with Crippen molar-refractivity contribution < 1.29 is 37.6 Å². The van der Waals surface area contributed by atoms with Gasteiger partial charge in [0, 0.05) is 20.2 Å². The molecule has 6 atom stereocenters. The van der Waals surface area contributed by atoms with Gasteiger partial charge in [-0.3, -0.25) is 9.11 Å². The Morgan fingerprint density at radius 2 is 1.86 bits per heavy atom. The summed E-state index contributed by atoms with van der Waals surface area (Å²) < 4.78 is 39.7. The van der Waals surface area contributed by atoms with E-state index in [1.54, 1.807) is 7.11 Å². The first kappa shape index (κ1) is 29.8. The maximum atomic E-state index is 12.5. The minimum absolute atomic E-state index is 0.00191. The molecule has 0 aromatic heterocycles. The van der Waals surface area contributed by atoms with Crippen LogP contribution in [0.2, 0.25) is 0 Å². The highest BCUT2D eigenvalue weighted by Crippen LogP contribution is 2.59. The van der Waals surface area contributed by atoms with E-state index in [1.165, 1.54) is 5.57 Å². The Balaban J connectivity index is 1.35. The third kappa shape index (κ3) is 8.38. The number of halogens is 1. The number of amides is 2. The standard InChI is InChI=1S/C25H42BFN3O7/c1-17(2)9-10-19-24(3,36-19)22-21(33-4)18(11-12-25(22)16-34-25)35-23(32)29-14-8-6-5-7-13-28-20(31)15-30-37-26-27/h9,18-19,21-22,30H,5-8,10-16H2,1-4H3,(H,28,31)(H,29,32)/t18?,19-,21?,22?,24?,25+/m1/s1. The van der Waals surface area contributed by atoms with Gasteiger partial charge < -0.3 is 34.3 Å². The summed E-state index contributed by atoms with van der Waals surface area (Å²) in [6, 6.07) is 0. The third-order valence-corrected chi connectivity index (χ3v) is 7.55. The quantitative estimate of drug-likeness (QED) is 0.0922. The van der Waals surface area contributed by atoms with Crippen molar-refractivity contribution in [2.75, 3.05) is 33.4 Å². The van der Waals surface area contributed by atoms with Crippen LogP contribution < -0.4 is 16.1 Å². The van der Waals surface area contributed by atoms with E-state index in [0.29, 0.717) is 26.1 Å². The van der Waals surface area contributed by atoms with Gasteiger partial charge in [-0.25, -0.2) is 10.3 Å². The summed E-state index contributed by atoms with van der Waals surface area (Å²) in [6.07, 6.45) is 7.00. The SMILES string of the molecule is COC1C(OC(=O)NCCCCCCNC(=O)CNO[B]F)CC[C@]2(CO2)C1C1(C)O[C@@H]1CC=C(C)C. The molecule has 3 N–H and O–H groups in total. The van der Waals surface area contributed by atoms with Crippen molar-refractivity contribution in [3.8, 4) is 0 Å². The maximum Gasteiger partial charge on any atom is 0.553 e. The number of epoxide rings is 2. The lowest BCUT2D eigenvalue weighted by Gasteiger charge is -2.42. The van der Waals surface area contributed by atoms with Gasteiger partial charge in [0.1, 0.15) is 23.4 Å². The molecule has 0 bridgehead atoms. The monoisotopic (exact) mass is 526 g/mol. The zero-order valence-electron chi connectivity index (χ0n) is 22.5. The van der Waals surface area contributed by atoms with Crippen LogP contribution in [0.25, 0.3) is 0 Å². The Kier molecular flexibility index (Phi) is 11.2. The molecule has 1 saturated carbocycles. The minimum Gasteiger partial charge on any atom is -0.443 e. The summed E-state index contributed by atoms with van der Waals surface area (Å²) in [5, 5.41) is 5.56. The average Bonchev–Trinajstić information content (AvgIpc) is 3.77. The molecule has 0 aromatic carbocycles. The van der Waals surface area contributed by atoms with E-state index in [0.717, 1.165) is 38.5 Å². The first-order chi connectivity index (χ1) is 17.8. The van der Waals surface area contributed by atoms with Crippen LogP contribution >= 0.6 is 0 Å². The van der Waals surface area contributed by atoms with Gasteiger partial charge >= 0.3 is 13.9 Å². The highest BCUT2D eigenvalue weighted by molar-refractivity contribution is 6.16. The molecule has 1 radical (unpaired) electrons. The lowest BCUT2D eigenvalue weighted by Crippen LogP contribution is -2.56. The summed E-state index contributed by atoms with van der Waals surface area (Å²) in [5.74, 6) is -0.270. The van der Waals surface area contributed by atoms with Crippen molar-refractivity contribution in [2.45, 2.75) is 95.2 Å². The molecule has 10 nitrogen and oxygen atoms in total. The molecule has 0 aromatic rings. The topological polar surface area (TPSA) is 123 Å². The Morgan fingerprint density at radius 1 is 1.16 bits per heavy atom. The second kappa shape index (κ2) is 13.9. The fourth-order valence-corrected chi connectivity index (χ4v) is 5.47. The lowest BCUT2D eigenvalue weighted by molar-refractivity contribution is -0.121. The number of rotatable bonds is 16. The van der Waals surface area contributed by atoms with Gasteiger partial charge in [0.2, 0.25) is 5.91 Å². The number of hydroxylamine groups is 1. The van der Waals surface area contributed by atoms with E-state index in [1.807, 2.05) is 0 Å². The Hall–Kier alpha value is -1.73. The van der Waals surface area contributed by atoms with Crippen LogP contribution in [0, 0.1) is 5.92 Å². The lowest BCUT2D eigenvalue weighted by atomic mass is 9.68. The van der Waals surface area contributed by atoms with Crippen LogP contribution in [-0.2, 0) is 28.5 Å². The Labute approximate surface area is 220 Å². The molecule has 4 unspecified atom stereocenters. The third-order valence-electron chi connectivity index (χ3n) is 7.55. The van der Waals surface area contributed by atoms with Crippen molar-refractivity contribution in [1.29, 1.82) is 0 Å². The zero-order chi connectivity index (χ0) is 26.9. The predicted molar refractivity (Wildman–Crippen MR) is 135 cm³/mol. The van der Waals surface area contributed by atoms with Crippen LogP contribution in [0.1, 0.15) is 65.7 Å². The molecular formula is C25H42BFN3O7. The number of nitrogens with one attached hydrogen (secondary N) is 3. The highest BCUT2D eigenvalue weighted by atomic mass is 19.1. The molecular weight excluding hydrogens is 484 g/mol. The van der Waals surface area contributed by atoms with Gasteiger partial charge in [-0.05, 0) is 52.9 Å². The van der Waals surface area contributed by atoms with Gasteiger partial charge in [0.25, 0.3) is 0 Å². The second-order valence-corrected chi connectivity index (χ2v) is 10.5.